The van der Waals surface area contributed by atoms with Crippen molar-refractivity contribution in [3.05, 3.63) is 70.7 Å². The molecule has 2 heterocycles. The Balaban J connectivity index is 1.92. The van der Waals surface area contributed by atoms with Crippen molar-refractivity contribution in [2.75, 3.05) is 0 Å². The SMILES string of the molecule is O=c1[nH]c2c(-c3ccc(C(F)(F)F)cc3F)ncnc2n1-c1ccc(O)cc1. The number of rotatable bonds is 2. The van der Waals surface area contributed by atoms with Crippen molar-refractivity contribution in [2.45, 2.75) is 6.18 Å². The Morgan fingerprint density at radius 1 is 1.04 bits per heavy atom. The third-order valence-corrected chi connectivity index (χ3v) is 4.13. The van der Waals surface area contributed by atoms with Crippen molar-refractivity contribution in [3.63, 3.8) is 0 Å². The number of fused-ring (bicyclic) bond motifs is 1. The van der Waals surface area contributed by atoms with Crippen molar-refractivity contribution >= 4 is 11.2 Å². The minimum Gasteiger partial charge on any atom is -0.508 e. The number of hydrogen-bond donors (Lipinski definition) is 2. The lowest BCUT2D eigenvalue weighted by atomic mass is 10.1. The van der Waals surface area contributed by atoms with Gasteiger partial charge in [-0.3, -0.25) is 0 Å². The summed E-state index contributed by atoms with van der Waals surface area (Å²) in [5.74, 6) is -1.13. The molecule has 0 spiro atoms. The summed E-state index contributed by atoms with van der Waals surface area (Å²) in [5, 5.41) is 9.40. The van der Waals surface area contributed by atoms with E-state index in [1.165, 1.54) is 28.8 Å². The summed E-state index contributed by atoms with van der Waals surface area (Å²) in [5.41, 5.74) is -1.43. The third-order valence-electron chi connectivity index (χ3n) is 4.13. The van der Waals surface area contributed by atoms with Crippen LogP contribution < -0.4 is 5.69 Å². The molecule has 142 valence electrons. The van der Waals surface area contributed by atoms with Gasteiger partial charge in [-0.25, -0.2) is 23.7 Å². The normalized spacial score (nSPS) is 11.9. The number of aromatic hydroxyl groups is 1. The van der Waals surface area contributed by atoms with Gasteiger partial charge >= 0.3 is 11.9 Å². The molecule has 6 nitrogen and oxygen atoms in total. The van der Waals surface area contributed by atoms with E-state index in [0.29, 0.717) is 11.8 Å². The number of halogens is 4. The summed E-state index contributed by atoms with van der Waals surface area (Å²) >= 11 is 0. The average molecular weight is 390 g/mol. The molecule has 0 unspecified atom stereocenters. The predicted molar refractivity (Wildman–Crippen MR) is 91.5 cm³/mol. The zero-order chi connectivity index (χ0) is 20.1. The van der Waals surface area contributed by atoms with Crippen LogP contribution in [0.15, 0.2) is 53.6 Å². The number of nitrogens with one attached hydrogen (secondary N) is 1. The number of H-pyrrole nitrogens is 1. The van der Waals surface area contributed by atoms with Crippen molar-refractivity contribution < 1.29 is 22.7 Å². The highest BCUT2D eigenvalue weighted by Gasteiger charge is 2.31. The fourth-order valence-electron chi connectivity index (χ4n) is 2.85. The fraction of sp³-hybridized carbons (Fsp3) is 0.0556. The quantitative estimate of drug-likeness (QED) is 0.512. The molecule has 0 atom stereocenters. The van der Waals surface area contributed by atoms with E-state index in [4.69, 9.17) is 0 Å². The number of nitrogens with zero attached hydrogens (tertiary/aromatic N) is 3. The van der Waals surface area contributed by atoms with Gasteiger partial charge in [0.2, 0.25) is 0 Å². The summed E-state index contributed by atoms with van der Waals surface area (Å²) in [6.45, 7) is 0. The van der Waals surface area contributed by atoms with E-state index in [0.717, 1.165) is 18.5 Å². The molecule has 2 aromatic carbocycles. The Bertz CT molecular complexity index is 1240. The van der Waals surface area contributed by atoms with Crippen LogP contribution in [0.25, 0.3) is 28.1 Å². The molecule has 0 radical (unpaired) electrons. The number of aromatic amines is 1. The second kappa shape index (κ2) is 6.19. The van der Waals surface area contributed by atoms with Gasteiger partial charge in [0.05, 0.1) is 11.3 Å². The van der Waals surface area contributed by atoms with Gasteiger partial charge < -0.3 is 10.1 Å². The molecular weight excluding hydrogens is 380 g/mol. The summed E-state index contributed by atoms with van der Waals surface area (Å²) < 4.78 is 53.9. The van der Waals surface area contributed by atoms with Crippen molar-refractivity contribution in [3.8, 4) is 22.7 Å². The number of phenolic OH excluding ortho intramolecular Hbond substituents is 1. The van der Waals surface area contributed by atoms with Gasteiger partial charge in [0.15, 0.2) is 5.65 Å². The van der Waals surface area contributed by atoms with Gasteiger partial charge in [0.25, 0.3) is 0 Å². The Labute approximate surface area is 153 Å². The van der Waals surface area contributed by atoms with E-state index < -0.39 is 23.2 Å². The molecule has 4 aromatic rings. The summed E-state index contributed by atoms with van der Waals surface area (Å²) in [4.78, 5) is 22.9. The van der Waals surface area contributed by atoms with Crippen LogP contribution in [0.1, 0.15) is 5.56 Å². The molecule has 0 amide bonds. The van der Waals surface area contributed by atoms with Gasteiger partial charge in [-0.05, 0) is 42.5 Å². The molecule has 0 aliphatic heterocycles. The Kier molecular flexibility index (Phi) is 3.91. The fourth-order valence-corrected chi connectivity index (χ4v) is 2.85. The monoisotopic (exact) mass is 390 g/mol. The highest BCUT2D eigenvalue weighted by Crippen LogP contribution is 2.33. The van der Waals surface area contributed by atoms with Gasteiger partial charge in [-0.1, -0.05) is 0 Å². The molecular formula is C18H10F4N4O2. The van der Waals surface area contributed by atoms with Crippen LogP contribution in [0.3, 0.4) is 0 Å². The number of alkyl halides is 3. The zero-order valence-corrected chi connectivity index (χ0v) is 13.8. The summed E-state index contributed by atoms with van der Waals surface area (Å²) in [6.07, 6.45) is -3.60. The van der Waals surface area contributed by atoms with Crippen LogP contribution >= 0.6 is 0 Å². The van der Waals surface area contributed by atoms with E-state index in [9.17, 15) is 27.5 Å². The van der Waals surface area contributed by atoms with E-state index in [1.807, 2.05) is 0 Å². The predicted octanol–water partition coefficient (Wildman–Crippen LogP) is 3.64. The molecule has 0 saturated heterocycles. The van der Waals surface area contributed by atoms with Crippen LogP contribution in [0.4, 0.5) is 17.6 Å². The maximum absolute atomic E-state index is 14.4. The number of imidazole rings is 1. The number of phenols is 1. The van der Waals surface area contributed by atoms with E-state index in [2.05, 4.69) is 15.0 Å². The van der Waals surface area contributed by atoms with Crippen LogP contribution in [-0.2, 0) is 6.18 Å². The number of benzene rings is 2. The first-order valence-corrected chi connectivity index (χ1v) is 7.88. The first-order chi connectivity index (χ1) is 13.3. The highest BCUT2D eigenvalue weighted by atomic mass is 19.4. The van der Waals surface area contributed by atoms with E-state index >= 15 is 0 Å². The van der Waals surface area contributed by atoms with Gasteiger partial charge in [0, 0.05) is 5.56 Å². The van der Waals surface area contributed by atoms with Crippen LogP contribution in [-0.4, -0.2) is 24.6 Å². The lowest BCUT2D eigenvalue weighted by Gasteiger charge is -2.09. The van der Waals surface area contributed by atoms with E-state index in [1.54, 1.807) is 0 Å². The summed E-state index contributed by atoms with van der Waals surface area (Å²) in [6, 6.07) is 7.77. The maximum atomic E-state index is 14.4. The molecule has 28 heavy (non-hydrogen) atoms. The van der Waals surface area contributed by atoms with Crippen LogP contribution in [0.5, 0.6) is 5.75 Å². The van der Waals surface area contributed by atoms with Gasteiger partial charge in [-0.2, -0.15) is 13.2 Å². The molecule has 2 aromatic heterocycles. The molecule has 0 aliphatic carbocycles. The molecule has 2 N–H and O–H groups in total. The standard InChI is InChI=1S/C18H10F4N4O2/c19-13-7-9(18(20,21)22)1-6-12(13)14-15-16(24-8-23-14)26(17(28)25-15)10-2-4-11(27)5-3-10/h1-8,27H,(H,25,28). The van der Waals surface area contributed by atoms with Crippen molar-refractivity contribution in [1.29, 1.82) is 0 Å². The highest BCUT2D eigenvalue weighted by molar-refractivity contribution is 5.88. The molecule has 0 saturated carbocycles. The number of aromatic nitrogens is 4. The van der Waals surface area contributed by atoms with E-state index in [-0.39, 0.29) is 28.2 Å². The first kappa shape index (κ1) is 17.7. The minimum absolute atomic E-state index is 0.00113. The minimum atomic E-state index is -4.68. The Morgan fingerprint density at radius 2 is 1.75 bits per heavy atom. The first-order valence-electron chi connectivity index (χ1n) is 7.88. The number of hydrogen-bond acceptors (Lipinski definition) is 4. The maximum Gasteiger partial charge on any atom is 0.416 e. The van der Waals surface area contributed by atoms with Crippen LogP contribution in [0.2, 0.25) is 0 Å². The molecule has 0 aliphatic rings. The lowest BCUT2D eigenvalue weighted by molar-refractivity contribution is -0.137. The Hall–Kier alpha value is -3.69. The topological polar surface area (TPSA) is 83.8 Å². The third kappa shape index (κ3) is 2.88. The zero-order valence-electron chi connectivity index (χ0n) is 13.8. The van der Waals surface area contributed by atoms with Crippen molar-refractivity contribution in [2.24, 2.45) is 0 Å². The summed E-state index contributed by atoms with van der Waals surface area (Å²) in [7, 11) is 0. The smallest absolute Gasteiger partial charge is 0.416 e. The second-order valence-electron chi connectivity index (χ2n) is 5.90. The van der Waals surface area contributed by atoms with Crippen LogP contribution in [0, 0.1) is 5.82 Å². The molecule has 0 fully saturated rings. The second-order valence-corrected chi connectivity index (χ2v) is 5.90. The van der Waals surface area contributed by atoms with Crippen molar-refractivity contribution in [1.82, 2.24) is 19.5 Å². The Morgan fingerprint density at radius 3 is 2.39 bits per heavy atom. The molecule has 0 bridgehead atoms. The average Bonchev–Trinajstić information content (AvgIpc) is 2.98. The molecule has 4 rings (SSSR count). The van der Waals surface area contributed by atoms with Gasteiger partial charge in [-0.15, -0.1) is 0 Å². The molecule has 10 heteroatoms. The largest absolute Gasteiger partial charge is 0.508 e. The van der Waals surface area contributed by atoms with Gasteiger partial charge in [0.1, 0.15) is 29.1 Å². The lowest BCUT2D eigenvalue weighted by Crippen LogP contribution is -2.14.